The van der Waals surface area contributed by atoms with Crippen LogP contribution in [0.1, 0.15) is 31.9 Å². The van der Waals surface area contributed by atoms with Crippen molar-refractivity contribution >= 4 is 17.0 Å². The zero-order chi connectivity index (χ0) is 16.4. The number of fused-ring (bicyclic) bond motifs is 1. The van der Waals surface area contributed by atoms with E-state index in [1.807, 2.05) is 26.0 Å². The number of nitrogens with zero attached hydrogens (tertiary/aromatic N) is 3. The number of H-pyrrole nitrogens is 1. The second-order valence-corrected chi connectivity index (χ2v) is 5.42. The number of nitrogens with one attached hydrogen (secondary N) is 2. The number of phenolic OH excluding ortho intramolecular Hbond substituents is 1. The molecule has 0 saturated carbocycles. The molecule has 3 aromatic rings. The third-order valence-corrected chi connectivity index (χ3v) is 3.75. The van der Waals surface area contributed by atoms with E-state index >= 15 is 0 Å². The van der Waals surface area contributed by atoms with Crippen LogP contribution in [0.5, 0.6) is 5.75 Å². The Balaban J connectivity index is 2.01. The monoisotopic (exact) mass is 313 g/mol. The van der Waals surface area contributed by atoms with Crippen molar-refractivity contribution in [1.82, 2.24) is 19.5 Å². The zero-order valence-electron chi connectivity index (χ0n) is 13.1. The smallest absolute Gasteiger partial charge is 0.351 e. The largest absolute Gasteiger partial charge is 0.508 e. The molecule has 120 valence electrons. The average Bonchev–Trinajstić information content (AvgIpc) is 3.01. The first-order valence-corrected chi connectivity index (χ1v) is 7.60. The minimum absolute atomic E-state index is 0.202. The molecule has 2 heterocycles. The van der Waals surface area contributed by atoms with Crippen molar-refractivity contribution in [3.63, 3.8) is 0 Å². The van der Waals surface area contributed by atoms with Crippen molar-refractivity contribution in [3.8, 4) is 5.75 Å². The molecule has 1 unspecified atom stereocenters. The molecule has 3 N–H and O–H groups in total. The number of rotatable bonds is 5. The Morgan fingerprint density at radius 1 is 1.39 bits per heavy atom. The lowest BCUT2D eigenvalue weighted by molar-refractivity contribution is 0.465. The number of aromatic amines is 1. The number of anilines is 1. The van der Waals surface area contributed by atoms with Gasteiger partial charge in [0.15, 0.2) is 11.5 Å². The van der Waals surface area contributed by atoms with Gasteiger partial charge in [-0.1, -0.05) is 25.1 Å². The molecular weight excluding hydrogens is 294 g/mol. The maximum atomic E-state index is 12.2. The van der Waals surface area contributed by atoms with Gasteiger partial charge in [0.2, 0.25) is 0 Å². The first-order chi connectivity index (χ1) is 11.1. The first kappa shape index (κ1) is 15.1. The highest BCUT2D eigenvalue weighted by Gasteiger charge is 2.16. The number of imidazole rings is 1. The second-order valence-electron chi connectivity index (χ2n) is 5.42. The van der Waals surface area contributed by atoms with Gasteiger partial charge in [0.25, 0.3) is 0 Å². The molecule has 3 rings (SSSR count). The van der Waals surface area contributed by atoms with Crippen molar-refractivity contribution < 1.29 is 5.11 Å². The molecule has 0 amide bonds. The summed E-state index contributed by atoms with van der Waals surface area (Å²) in [6.07, 6.45) is 2.37. The van der Waals surface area contributed by atoms with Crippen LogP contribution >= 0.6 is 0 Å². The number of hydrogen-bond donors (Lipinski definition) is 3. The van der Waals surface area contributed by atoms with Gasteiger partial charge in [-0.15, -0.1) is 0 Å². The van der Waals surface area contributed by atoms with E-state index in [0.717, 1.165) is 12.0 Å². The fourth-order valence-electron chi connectivity index (χ4n) is 2.63. The van der Waals surface area contributed by atoms with Gasteiger partial charge < -0.3 is 15.4 Å². The van der Waals surface area contributed by atoms with Crippen LogP contribution in [0.25, 0.3) is 11.2 Å². The topological polar surface area (TPSA) is 95.8 Å². The van der Waals surface area contributed by atoms with Crippen LogP contribution in [0.4, 0.5) is 5.82 Å². The maximum absolute atomic E-state index is 12.2. The molecular formula is C16H19N5O2. The molecule has 0 radical (unpaired) electrons. The van der Waals surface area contributed by atoms with Gasteiger partial charge in [0.05, 0.1) is 12.4 Å². The third-order valence-electron chi connectivity index (χ3n) is 3.75. The quantitative estimate of drug-likeness (QED) is 0.672. The highest BCUT2D eigenvalue weighted by atomic mass is 16.3. The van der Waals surface area contributed by atoms with E-state index in [-0.39, 0.29) is 17.5 Å². The highest BCUT2D eigenvalue weighted by Crippen LogP contribution is 2.27. The number of aryl methyl sites for hydroxylation is 1. The number of hydrogen-bond acceptors (Lipinski definition) is 5. The lowest BCUT2D eigenvalue weighted by Crippen LogP contribution is -2.25. The maximum Gasteiger partial charge on any atom is 0.351 e. The minimum Gasteiger partial charge on any atom is -0.508 e. The number of benzene rings is 1. The number of para-hydroxylation sites is 1. The summed E-state index contributed by atoms with van der Waals surface area (Å²) >= 11 is 0. The van der Waals surface area contributed by atoms with E-state index in [9.17, 15) is 9.90 Å². The van der Waals surface area contributed by atoms with Gasteiger partial charge in [0.1, 0.15) is 11.3 Å². The number of phenols is 1. The third kappa shape index (κ3) is 2.77. The van der Waals surface area contributed by atoms with Crippen LogP contribution in [-0.2, 0) is 6.54 Å². The average molecular weight is 313 g/mol. The van der Waals surface area contributed by atoms with Crippen molar-refractivity contribution in [2.45, 2.75) is 32.9 Å². The van der Waals surface area contributed by atoms with Gasteiger partial charge in [-0.05, 0) is 19.4 Å². The van der Waals surface area contributed by atoms with E-state index in [1.54, 1.807) is 23.0 Å². The summed E-state index contributed by atoms with van der Waals surface area (Å²) in [5.41, 5.74) is 1.66. The summed E-state index contributed by atoms with van der Waals surface area (Å²) in [5, 5.41) is 13.1. The molecule has 0 fully saturated rings. The molecule has 0 aliphatic heterocycles. The normalized spacial score (nSPS) is 12.4. The predicted octanol–water partition coefficient (Wildman–Crippen LogP) is 2.41. The molecule has 0 aliphatic carbocycles. The van der Waals surface area contributed by atoms with Crippen LogP contribution in [0.3, 0.4) is 0 Å². The molecule has 1 atom stereocenters. The van der Waals surface area contributed by atoms with Crippen LogP contribution in [0.2, 0.25) is 0 Å². The van der Waals surface area contributed by atoms with Crippen molar-refractivity contribution in [3.05, 3.63) is 46.6 Å². The van der Waals surface area contributed by atoms with E-state index in [0.29, 0.717) is 23.5 Å². The molecule has 0 aliphatic rings. The van der Waals surface area contributed by atoms with Crippen molar-refractivity contribution in [2.75, 3.05) is 5.32 Å². The second kappa shape index (κ2) is 6.12. The molecule has 0 spiro atoms. The van der Waals surface area contributed by atoms with Gasteiger partial charge in [-0.25, -0.2) is 9.78 Å². The van der Waals surface area contributed by atoms with E-state index in [4.69, 9.17) is 0 Å². The first-order valence-electron chi connectivity index (χ1n) is 7.60. The van der Waals surface area contributed by atoms with E-state index in [2.05, 4.69) is 20.3 Å². The van der Waals surface area contributed by atoms with Gasteiger partial charge in [0, 0.05) is 12.1 Å². The highest BCUT2D eigenvalue weighted by molar-refractivity contribution is 5.82. The lowest BCUT2D eigenvalue weighted by Gasteiger charge is -2.17. The standard InChI is InChI=1S/C16H19N5O2/c1-3-8-21-15-13(17-9-18-15)14(20-16(21)23)19-10(2)11-6-4-5-7-12(11)22/h4-7,9-10,22H,3,8H2,1-2H3,(H,17,18)(H,19,20,23). The van der Waals surface area contributed by atoms with Crippen LogP contribution in [0.15, 0.2) is 35.4 Å². The lowest BCUT2D eigenvalue weighted by atomic mass is 10.1. The summed E-state index contributed by atoms with van der Waals surface area (Å²) in [4.78, 5) is 23.6. The molecule has 7 nitrogen and oxygen atoms in total. The van der Waals surface area contributed by atoms with Crippen LogP contribution in [0, 0.1) is 0 Å². The molecule has 2 aromatic heterocycles. The molecule has 1 aromatic carbocycles. The molecule has 0 bridgehead atoms. The minimum atomic E-state index is -0.335. The molecule has 0 saturated heterocycles. The van der Waals surface area contributed by atoms with Gasteiger partial charge >= 0.3 is 5.69 Å². The number of aromatic nitrogens is 4. The molecule has 7 heteroatoms. The summed E-state index contributed by atoms with van der Waals surface area (Å²) in [6.45, 7) is 4.47. The SMILES string of the molecule is CCCn1c(=O)nc(NC(C)c2ccccc2O)c2[nH]cnc21. The summed E-state index contributed by atoms with van der Waals surface area (Å²) in [6, 6.07) is 6.87. The van der Waals surface area contributed by atoms with E-state index < -0.39 is 0 Å². The Kier molecular flexibility index (Phi) is 4.01. The Morgan fingerprint density at radius 2 is 2.17 bits per heavy atom. The fraction of sp³-hybridized carbons (Fsp3) is 0.312. The van der Waals surface area contributed by atoms with Crippen molar-refractivity contribution in [2.24, 2.45) is 0 Å². The predicted molar refractivity (Wildman–Crippen MR) is 88.6 cm³/mol. The Bertz CT molecular complexity index is 884. The fourth-order valence-corrected chi connectivity index (χ4v) is 2.63. The Morgan fingerprint density at radius 3 is 2.91 bits per heavy atom. The summed E-state index contributed by atoms with van der Waals surface area (Å²) < 4.78 is 1.56. The Hall–Kier alpha value is -2.83. The van der Waals surface area contributed by atoms with Crippen LogP contribution < -0.4 is 11.0 Å². The van der Waals surface area contributed by atoms with Crippen LogP contribution in [-0.4, -0.2) is 24.6 Å². The van der Waals surface area contributed by atoms with E-state index in [1.165, 1.54) is 0 Å². The van der Waals surface area contributed by atoms with Gasteiger partial charge in [-0.2, -0.15) is 4.98 Å². The van der Waals surface area contributed by atoms with Gasteiger partial charge in [-0.3, -0.25) is 4.57 Å². The Labute approximate surface area is 133 Å². The summed E-state index contributed by atoms with van der Waals surface area (Å²) in [5.74, 6) is 0.637. The van der Waals surface area contributed by atoms with Crippen molar-refractivity contribution in [1.29, 1.82) is 0 Å². The zero-order valence-corrected chi connectivity index (χ0v) is 13.1. The number of aromatic hydroxyl groups is 1. The summed E-state index contributed by atoms with van der Waals surface area (Å²) in [7, 11) is 0. The molecule has 23 heavy (non-hydrogen) atoms.